The number of carbonyl (C=O) groups excluding carboxylic acids is 1. The van der Waals surface area contributed by atoms with Crippen LogP contribution in [0.1, 0.15) is 47.1 Å². The molecule has 9 nitrogen and oxygen atoms in total. The zero-order valence-corrected chi connectivity index (χ0v) is 24.1. The fraction of sp³-hybridized carbons (Fsp3) is 0.188. The van der Waals surface area contributed by atoms with Crippen LogP contribution in [0.4, 0.5) is 0 Å². The minimum absolute atomic E-state index is 0.148. The van der Waals surface area contributed by atoms with E-state index >= 15 is 0 Å². The molecule has 4 aromatic rings. The van der Waals surface area contributed by atoms with Gasteiger partial charge in [-0.2, -0.15) is 0 Å². The largest absolute Gasteiger partial charge is 0.490 e. The molecule has 1 aliphatic heterocycles. The van der Waals surface area contributed by atoms with Crippen LogP contribution in [-0.2, 0) is 9.53 Å². The number of furan rings is 1. The summed E-state index contributed by atoms with van der Waals surface area (Å²) in [6, 6.07) is 14.7. The lowest BCUT2D eigenvalue weighted by atomic mass is 9.96. The van der Waals surface area contributed by atoms with E-state index in [-0.39, 0.29) is 23.3 Å². The van der Waals surface area contributed by atoms with Gasteiger partial charge in [0, 0.05) is 11.6 Å². The van der Waals surface area contributed by atoms with Gasteiger partial charge in [-0.1, -0.05) is 42.2 Å². The Balaban J connectivity index is 1.60. The van der Waals surface area contributed by atoms with E-state index in [2.05, 4.69) is 11.6 Å². The van der Waals surface area contributed by atoms with Gasteiger partial charge in [0.05, 0.1) is 34.0 Å². The molecule has 0 saturated heterocycles. The minimum Gasteiger partial charge on any atom is -0.490 e. The number of ether oxygens (including phenoxy) is 2. The third-order valence-corrected chi connectivity index (χ3v) is 7.71. The summed E-state index contributed by atoms with van der Waals surface area (Å²) in [6.45, 7) is 9.50. The highest BCUT2D eigenvalue weighted by atomic mass is 32.1. The lowest BCUT2D eigenvalue weighted by Gasteiger charge is -2.24. The van der Waals surface area contributed by atoms with Crippen molar-refractivity contribution < 1.29 is 28.6 Å². The van der Waals surface area contributed by atoms with E-state index in [1.807, 2.05) is 19.1 Å². The van der Waals surface area contributed by atoms with Crippen molar-refractivity contribution in [1.29, 1.82) is 0 Å². The van der Waals surface area contributed by atoms with Crippen LogP contribution in [0, 0.1) is 6.92 Å². The number of carboxylic acids is 1. The first-order valence-electron chi connectivity index (χ1n) is 13.2. The van der Waals surface area contributed by atoms with Crippen molar-refractivity contribution in [2.45, 2.75) is 26.8 Å². The lowest BCUT2D eigenvalue weighted by molar-refractivity contribution is -0.139. The van der Waals surface area contributed by atoms with Gasteiger partial charge in [-0.25, -0.2) is 14.6 Å². The molecule has 0 amide bonds. The number of carboxylic acid groups (broad SMARTS) is 1. The Hall–Kier alpha value is -4.96. The fourth-order valence-corrected chi connectivity index (χ4v) is 5.76. The molecule has 0 bridgehead atoms. The summed E-state index contributed by atoms with van der Waals surface area (Å²) in [7, 11) is 0. The molecule has 214 valence electrons. The van der Waals surface area contributed by atoms with Crippen LogP contribution >= 0.6 is 11.3 Å². The molecule has 2 aromatic heterocycles. The van der Waals surface area contributed by atoms with Crippen molar-refractivity contribution in [3.63, 3.8) is 0 Å². The summed E-state index contributed by atoms with van der Waals surface area (Å²) in [4.78, 5) is 43.5. The predicted octanol–water partition coefficient (Wildman–Crippen LogP) is 4.63. The Kier molecular flexibility index (Phi) is 8.08. The smallest absolute Gasteiger partial charge is 0.338 e. The van der Waals surface area contributed by atoms with Gasteiger partial charge >= 0.3 is 11.9 Å². The number of esters is 1. The van der Waals surface area contributed by atoms with Crippen LogP contribution in [0.15, 0.2) is 92.7 Å². The monoisotopic (exact) mass is 584 g/mol. The SMILES string of the molecule is C=CCOc1ccc([C@@H]2C(C(=O)OCC)=C(C)N=c3s/c(=C\c4ccc(-c5cc(C(=O)O)ccc5C)o4)c(=O)n32)cc1. The summed E-state index contributed by atoms with van der Waals surface area (Å²) < 4.78 is 18.8. The lowest BCUT2D eigenvalue weighted by Crippen LogP contribution is -2.39. The minimum atomic E-state index is -1.03. The Bertz CT molecular complexity index is 1910. The molecular weight excluding hydrogens is 556 g/mol. The van der Waals surface area contributed by atoms with Gasteiger partial charge in [-0.15, -0.1) is 0 Å². The van der Waals surface area contributed by atoms with E-state index in [9.17, 15) is 19.5 Å². The first-order chi connectivity index (χ1) is 20.2. The fourth-order valence-electron chi connectivity index (χ4n) is 4.73. The second kappa shape index (κ2) is 11.9. The second-order valence-electron chi connectivity index (χ2n) is 9.51. The molecule has 0 saturated carbocycles. The molecule has 0 spiro atoms. The maximum atomic E-state index is 13.9. The summed E-state index contributed by atoms with van der Waals surface area (Å²) in [5, 5.41) is 9.39. The highest BCUT2D eigenvalue weighted by molar-refractivity contribution is 7.07. The summed E-state index contributed by atoms with van der Waals surface area (Å²) in [5.41, 5.74) is 2.74. The van der Waals surface area contributed by atoms with Crippen molar-refractivity contribution >= 4 is 29.4 Å². The highest BCUT2D eigenvalue weighted by Crippen LogP contribution is 2.32. The van der Waals surface area contributed by atoms with Crippen molar-refractivity contribution in [1.82, 2.24) is 4.57 Å². The summed E-state index contributed by atoms with van der Waals surface area (Å²) in [6.07, 6.45) is 3.27. The molecule has 0 radical (unpaired) electrons. The number of aromatic carboxylic acids is 1. The van der Waals surface area contributed by atoms with E-state index in [0.29, 0.717) is 50.0 Å². The van der Waals surface area contributed by atoms with Crippen LogP contribution in [0.25, 0.3) is 17.4 Å². The third-order valence-electron chi connectivity index (χ3n) is 6.73. The maximum Gasteiger partial charge on any atom is 0.338 e. The van der Waals surface area contributed by atoms with Gasteiger partial charge in [0.25, 0.3) is 5.56 Å². The molecule has 0 aliphatic carbocycles. The Morgan fingerprint density at radius 1 is 1.14 bits per heavy atom. The van der Waals surface area contributed by atoms with Gasteiger partial charge in [-0.05, 0) is 68.3 Å². The zero-order chi connectivity index (χ0) is 30.0. The Labute approximate surface area is 245 Å². The molecule has 3 heterocycles. The summed E-state index contributed by atoms with van der Waals surface area (Å²) >= 11 is 1.18. The maximum absolute atomic E-state index is 13.9. The second-order valence-corrected chi connectivity index (χ2v) is 10.5. The molecule has 1 N–H and O–H groups in total. The number of rotatable bonds is 9. The molecular formula is C32H28N2O7S. The number of nitrogens with zero attached hydrogens (tertiary/aromatic N) is 2. The van der Waals surface area contributed by atoms with Gasteiger partial charge < -0.3 is 19.0 Å². The number of thiazole rings is 1. The first kappa shape index (κ1) is 28.6. The Morgan fingerprint density at radius 3 is 2.60 bits per heavy atom. The zero-order valence-electron chi connectivity index (χ0n) is 23.2. The topological polar surface area (TPSA) is 120 Å². The molecule has 5 rings (SSSR count). The van der Waals surface area contributed by atoms with E-state index < -0.39 is 18.0 Å². The van der Waals surface area contributed by atoms with Crippen molar-refractivity contribution in [2.75, 3.05) is 13.2 Å². The average molecular weight is 585 g/mol. The van der Waals surface area contributed by atoms with Gasteiger partial charge in [0.1, 0.15) is 23.9 Å². The van der Waals surface area contributed by atoms with Crippen LogP contribution in [0.2, 0.25) is 0 Å². The number of hydrogen-bond acceptors (Lipinski definition) is 8. The quantitative estimate of drug-likeness (QED) is 0.225. The van der Waals surface area contributed by atoms with Crippen LogP contribution in [0.3, 0.4) is 0 Å². The molecule has 1 aliphatic rings. The van der Waals surface area contributed by atoms with E-state index in [1.54, 1.807) is 62.4 Å². The molecule has 0 unspecified atom stereocenters. The van der Waals surface area contributed by atoms with E-state index in [0.717, 1.165) is 5.56 Å². The number of aryl methyl sites for hydroxylation is 1. The normalized spacial score (nSPS) is 14.7. The Morgan fingerprint density at radius 2 is 1.90 bits per heavy atom. The molecule has 0 fully saturated rings. The van der Waals surface area contributed by atoms with Crippen molar-refractivity contribution in [3.8, 4) is 17.1 Å². The number of carbonyl (C=O) groups is 2. The summed E-state index contributed by atoms with van der Waals surface area (Å²) in [5.74, 6) is -0.0550. The van der Waals surface area contributed by atoms with E-state index in [1.165, 1.54) is 22.0 Å². The van der Waals surface area contributed by atoms with Gasteiger partial charge in [0.2, 0.25) is 0 Å². The van der Waals surface area contributed by atoms with Gasteiger partial charge in [0.15, 0.2) is 4.80 Å². The van der Waals surface area contributed by atoms with Crippen LogP contribution < -0.4 is 19.6 Å². The number of fused-ring (bicyclic) bond motifs is 1. The third kappa shape index (κ3) is 5.48. The van der Waals surface area contributed by atoms with Crippen molar-refractivity contribution in [2.24, 2.45) is 4.99 Å². The number of hydrogen-bond donors (Lipinski definition) is 1. The molecule has 1 atom stereocenters. The van der Waals surface area contributed by atoms with Crippen molar-refractivity contribution in [3.05, 3.63) is 121 Å². The number of aromatic nitrogens is 1. The first-order valence-corrected chi connectivity index (χ1v) is 14.0. The van der Waals surface area contributed by atoms with Gasteiger partial charge in [-0.3, -0.25) is 9.36 Å². The van der Waals surface area contributed by atoms with E-state index in [4.69, 9.17) is 13.9 Å². The number of benzene rings is 2. The standard InChI is InChI=1S/C32H28N2O7S/c1-5-15-40-22-11-9-20(10-12-22)28-27(31(38)39-6-2)19(4)33-32-34(28)29(35)26(42-32)17-23-13-14-25(41-23)24-16-21(30(36)37)8-7-18(24)3/h5,7-14,16-17,28H,1,6,15H2,2-4H3,(H,36,37)/b26-17-/t28-/m1/s1. The predicted molar refractivity (Wildman–Crippen MR) is 158 cm³/mol. The van der Waals surface area contributed by atoms with Crippen LogP contribution in [-0.4, -0.2) is 34.8 Å². The van der Waals surface area contributed by atoms with Crippen LogP contribution in [0.5, 0.6) is 5.75 Å². The number of allylic oxidation sites excluding steroid dienone is 1. The molecule has 42 heavy (non-hydrogen) atoms. The highest BCUT2D eigenvalue weighted by Gasteiger charge is 2.33. The average Bonchev–Trinajstić information content (AvgIpc) is 3.55. The molecule has 2 aromatic carbocycles. The molecule has 10 heteroatoms.